The third-order valence-electron chi connectivity index (χ3n) is 3.74. The van der Waals surface area contributed by atoms with Crippen molar-refractivity contribution < 1.29 is 9.47 Å². The molecular weight excluding hydrogens is 306 g/mol. The summed E-state index contributed by atoms with van der Waals surface area (Å²) in [5.41, 5.74) is 2.30. The van der Waals surface area contributed by atoms with Crippen molar-refractivity contribution in [2.75, 3.05) is 20.4 Å². The molecule has 3 rings (SSSR count). The van der Waals surface area contributed by atoms with E-state index in [2.05, 4.69) is 20.7 Å². The van der Waals surface area contributed by atoms with Crippen molar-refractivity contribution in [1.82, 2.24) is 20.4 Å². The second-order valence-electron chi connectivity index (χ2n) is 5.67. The topological polar surface area (TPSA) is 72.7 Å². The third-order valence-corrected chi connectivity index (χ3v) is 3.74. The van der Waals surface area contributed by atoms with Gasteiger partial charge in [-0.1, -0.05) is 6.07 Å². The molecule has 2 heterocycles. The van der Waals surface area contributed by atoms with Gasteiger partial charge in [0.15, 0.2) is 17.5 Å². The van der Waals surface area contributed by atoms with Gasteiger partial charge in [0, 0.05) is 32.9 Å². The number of guanidine groups is 1. The van der Waals surface area contributed by atoms with Crippen LogP contribution in [0.4, 0.5) is 0 Å². The van der Waals surface area contributed by atoms with E-state index in [0.29, 0.717) is 13.3 Å². The van der Waals surface area contributed by atoms with Crippen molar-refractivity contribution in [1.29, 1.82) is 0 Å². The molecule has 7 heteroatoms. The maximum absolute atomic E-state index is 5.39. The van der Waals surface area contributed by atoms with E-state index in [0.717, 1.165) is 42.5 Å². The first-order chi connectivity index (χ1) is 11.7. The average Bonchev–Trinajstić information content (AvgIpc) is 3.22. The molecule has 0 aliphatic carbocycles. The molecule has 1 aromatic heterocycles. The van der Waals surface area contributed by atoms with Gasteiger partial charge in [0.25, 0.3) is 0 Å². The summed E-state index contributed by atoms with van der Waals surface area (Å²) in [5, 5.41) is 10.9. The van der Waals surface area contributed by atoms with Gasteiger partial charge in [0.1, 0.15) is 0 Å². The molecule has 2 N–H and O–H groups in total. The molecule has 1 aromatic carbocycles. The van der Waals surface area contributed by atoms with Gasteiger partial charge in [-0.05, 0) is 36.6 Å². The van der Waals surface area contributed by atoms with E-state index in [9.17, 15) is 0 Å². The van der Waals surface area contributed by atoms with Crippen LogP contribution < -0.4 is 20.1 Å². The van der Waals surface area contributed by atoms with Crippen molar-refractivity contribution in [2.24, 2.45) is 4.99 Å². The number of fused-ring (bicyclic) bond motifs is 1. The Hall–Kier alpha value is -2.70. The fraction of sp³-hybridized carbons (Fsp3) is 0.412. The van der Waals surface area contributed by atoms with Crippen LogP contribution in [0.3, 0.4) is 0 Å². The lowest BCUT2D eigenvalue weighted by Crippen LogP contribution is -2.37. The van der Waals surface area contributed by atoms with Crippen molar-refractivity contribution >= 4 is 5.96 Å². The van der Waals surface area contributed by atoms with Crippen LogP contribution in [0.5, 0.6) is 11.5 Å². The Morgan fingerprint density at radius 3 is 2.96 bits per heavy atom. The largest absolute Gasteiger partial charge is 0.454 e. The van der Waals surface area contributed by atoms with Crippen molar-refractivity contribution in [2.45, 2.75) is 26.4 Å². The molecular formula is C17H23N5O2. The van der Waals surface area contributed by atoms with Crippen LogP contribution in [0, 0.1) is 6.92 Å². The summed E-state index contributed by atoms with van der Waals surface area (Å²) in [7, 11) is 1.77. The van der Waals surface area contributed by atoms with E-state index in [1.807, 2.05) is 42.2 Å². The van der Waals surface area contributed by atoms with Crippen molar-refractivity contribution in [3.8, 4) is 11.5 Å². The summed E-state index contributed by atoms with van der Waals surface area (Å²) in [4.78, 5) is 4.24. The van der Waals surface area contributed by atoms with E-state index < -0.39 is 0 Å². The van der Waals surface area contributed by atoms with Gasteiger partial charge >= 0.3 is 0 Å². The molecule has 0 spiro atoms. The van der Waals surface area contributed by atoms with Crippen LogP contribution in [0.15, 0.2) is 35.6 Å². The zero-order valence-corrected chi connectivity index (χ0v) is 14.1. The van der Waals surface area contributed by atoms with Gasteiger partial charge in [-0.25, -0.2) is 0 Å². The highest BCUT2D eigenvalue weighted by molar-refractivity contribution is 5.79. The number of aliphatic imine (C=N–C) groups is 1. The van der Waals surface area contributed by atoms with Crippen LogP contribution >= 0.6 is 0 Å². The standard InChI is InChI=1S/C17H23N5O2/c1-13-9-21-22(11-13)7-3-6-19-17(18-2)20-10-14-4-5-15-16(8-14)24-12-23-15/h4-5,8-9,11H,3,6-7,10,12H2,1-2H3,(H2,18,19,20). The zero-order valence-electron chi connectivity index (χ0n) is 14.1. The minimum absolute atomic E-state index is 0.297. The molecule has 0 unspecified atom stereocenters. The van der Waals surface area contributed by atoms with Crippen LogP contribution in [0.25, 0.3) is 0 Å². The number of nitrogens with zero attached hydrogens (tertiary/aromatic N) is 3. The van der Waals surface area contributed by atoms with Crippen LogP contribution in [0.2, 0.25) is 0 Å². The lowest BCUT2D eigenvalue weighted by atomic mass is 10.2. The van der Waals surface area contributed by atoms with Crippen LogP contribution in [0.1, 0.15) is 17.5 Å². The monoisotopic (exact) mass is 329 g/mol. The fourth-order valence-electron chi connectivity index (χ4n) is 2.49. The minimum atomic E-state index is 0.297. The first-order valence-electron chi connectivity index (χ1n) is 8.07. The first-order valence-corrected chi connectivity index (χ1v) is 8.07. The van der Waals surface area contributed by atoms with E-state index >= 15 is 0 Å². The summed E-state index contributed by atoms with van der Waals surface area (Å²) in [6, 6.07) is 5.94. The number of hydrogen-bond donors (Lipinski definition) is 2. The summed E-state index contributed by atoms with van der Waals surface area (Å²) in [6.45, 7) is 4.74. The molecule has 0 saturated carbocycles. The van der Waals surface area contributed by atoms with Crippen molar-refractivity contribution in [3.05, 3.63) is 41.7 Å². The van der Waals surface area contributed by atoms with E-state index in [4.69, 9.17) is 9.47 Å². The highest BCUT2D eigenvalue weighted by Crippen LogP contribution is 2.32. The van der Waals surface area contributed by atoms with Gasteiger partial charge in [-0.3, -0.25) is 9.67 Å². The number of aromatic nitrogens is 2. The van der Waals surface area contributed by atoms with Gasteiger partial charge < -0.3 is 20.1 Å². The zero-order chi connectivity index (χ0) is 16.8. The number of benzene rings is 1. The van der Waals surface area contributed by atoms with Gasteiger partial charge in [0.2, 0.25) is 6.79 Å². The lowest BCUT2D eigenvalue weighted by Gasteiger charge is -2.12. The summed E-state index contributed by atoms with van der Waals surface area (Å²) in [6.07, 6.45) is 4.90. The van der Waals surface area contributed by atoms with Crippen LogP contribution in [-0.2, 0) is 13.1 Å². The molecule has 0 atom stereocenters. The third kappa shape index (κ3) is 4.18. The van der Waals surface area contributed by atoms with E-state index in [1.54, 1.807) is 7.05 Å². The molecule has 24 heavy (non-hydrogen) atoms. The minimum Gasteiger partial charge on any atom is -0.454 e. The predicted octanol–water partition coefficient (Wildman–Crippen LogP) is 1.68. The summed E-state index contributed by atoms with van der Waals surface area (Å²) in [5.74, 6) is 2.38. The maximum Gasteiger partial charge on any atom is 0.231 e. The fourth-order valence-corrected chi connectivity index (χ4v) is 2.49. The Labute approximate surface area is 141 Å². The molecule has 0 bridgehead atoms. The second kappa shape index (κ2) is 7.72. The molecule has 7 nitrogen and oxygen atoms in total. The Morgan fingerprint density at radius 1 is 1.29 bits per heavy atom. The molecule has 1 aliphatic rings. The highest BCUT2D eigenvalue weighted by atomic mass is 16.7. The Kier molecular flexibility index (Phi) is 5.20. The number of ether oxygens (including phenoxy) is 2. The number of nitrogens with one attached hydrogen (secondary N) is 2. The molecule has 0 saturated heterocycles. The number of hydrogen-bond acceptors (Lipinski definition) is 4. The van der Waals surface area contributed by atoms with Gasteiger partial charge in [0.05, 0.1) is 6.20 Å². The van der Waals surface area contributed by atoms with E-state index in [-0.39, 0.29) is 0 Å². The molecule has 128 valence electrons. The van der Waals surface area contributed by atoms with Crippen molar-refractivity contribution in [3.63, 3.8) is 0 Å². The summed E-state index contributed by atoms with van der Waals surface area (Å²) < 4.78 is 12.7. The maximum atomic E-state index is 5.39. The van der Waals surface area contributed by atoms with Gasteiger partial charge in [-0.2, -0.15) is 5.10 Å². The average molecular weight is 329 g/mol. The normalized spacial score (nSPS) is 13.2. The highest BCUT2D eigenvalue weighted by Gasteiger charge is 2.13. The number of aryl methyl sites for hydroxylation is 2. The molecule has 0 radical (unpaired) electrons. The number of rotatable bonds is 6. The predicted molar refractivity (Wildman–Crippen MR) is 92.3 cm³/mol. The van der Waals surface area contributed by atoms with Gasteiger partial charge in [-0.15, -0.1) is 0 Å². The van der Waals surface area contributed by atoms with Crippen LogP contribution in [-0.4, -0.2) is 36.1 Å². The smallest absolute Gasteiger partial charge is 0.231 e. The second-order valence-corrected chi connectivity index (χ2v) is 5.67. The molecule has 0 fully saturated rings. The summed E-state index contributed by atoms with van der Waals surface area (Å²) >= 11 is 0. The first kappa shape index (κ1) is 16.2. The Balaban J connectivity index is 1.40. The Bertz CT molecular complexity index is 711. The SMILES string of the molecule is CN=C(NCCCn1cc(C)cn1)NCc1ccc2c(c1)OCO2. The molecule has 2 aromatic rings. The van der Waals surface area contributed by atoms with E-state index in [1.165, 1.54) is 5.56 Å². The Morgan fingerprint density at radius 2 is 2.17 bits per heavy atom. The lowest BCUT2D eigenvalue weighted by molar-refractivity contribution is 0.174. The molecule has 1 aliphatic heterocycles. The molecule has 0 amide bonds. The quantitative estimate of drug-likeness (QED) is 0.479.